The van der Waals surface area contributed by atoms with Gasteiger partial charge >= 0.3 is 0 Å². The Morgan fingerprint density at radius 1 is 1.25 bits per heavy atom. The molecule has 0 aliphatic heterocycles. The van der Waals surface area contributed by atoms with Gasteiger partial charge in [-0.1, -0.05) is 6.07 Å². The van der Waals surface area contributed by atoms with Crippen molar-refractivity contribution in [3.8, 4) is 6.07 Å². The van der Waals surface area contributed by atoms with Gasteiger partial charge in [-0.3, -0.25) is 10.2 Å². The number of nitrogens with one attached hydrogen (secondary N) is 3. The van der Waals surface area contributed by atoms with E-state index in [-0.39, 0.29) is 16.2 Å². The first kappa shape index (κ1) is 13.8. The molecule has 1 aromatic carbocycles. The number of H-pyrrole nitrogens is 1. The standard InChI is InChI=1S/C12H10N4O3S/c13-8-9-3-1-4-10(7-9)20(18,19)16-15-12(17)11-5-2-6-14-11/h1-7,14,16H,(H,15,17). The van der Waals surface area contributed by atoms with E-state index in [4.69, 9.17) is 5.26 Å². The lowest BCUT2D eigenvalue weighted by Crippen LogP contribution is -2.41. The Bertz CT molecular complexity index is 760. The van der Waals surface area contributed by atoms with E-state index in [0.717, 1.165) is 0 Å². The third-order valence-corrected chi connectivity index (χ3v) is 3.66. The van der Waals surface area contributed by atoms with Crippen molar-refractivity contribution in [2.45, 2.75) is 4.90 Å². The third-order valence-electron chi connectivity index (χ3n) is 2.41. The lowest BCUT2D eigenvalue weighted by Gasteiger charge is -2.07. The van der Waals surface area contributed by atoms with E-state index in [1.54, 1.807) is 12.3 Å². The minimum Gasteiger partial charge on any atom is -0.357 e. The van der Waals surface area contributed by atoms with Crippen LogP contribution in [0.2, 0.25) is 0 Å². The van der Waals surface area contributed by atoms with Gasteiger partial charge in [-0.25, -0.2) is 8.42 Å². The molecule has 2 aromatic rings. The Labute approximate surface area is 115 Å². The van der Waals surface area contributed by atoms with Crippen LogP contribution >= 0.6 is 0 Å². The predicted octanol–water partition coefficient (Wildman–Crippen LogP) is 0.510. The number of nitrogens with zero attached hydrogens (tertiary/aromatic N) is 1. The molecule has 7 nitrogen and oxygen atoms in total. The molecular weight excluding hydrogens is 280 g/mol. The second-order valence-corrected chi connectivity index (χ2v) is 5.47. The zero-order valence-corrected chi connectivity index (χ0v) is 10.9. The maximum absolute atomic E-state index is 11.9. The highest BCUT2D eigenvalue weighted by atomic mass is 32.2. The van der Waals surface area contributed by atoms with E-state index in [1.807, 2.05) is 10.9 Å². The molecule has 0 fully saturated rings. The van der Waals surface area contributed by atoms with Crippen LogP contribution in [0.15, 0.2) is 47.5 Å². The van der Waals surface area contributed by atoms with Gasteiger partial charge in [0, 0.05) is 6.20 Å². The van der Waals surface area contributed by atoms with Crippen molar-refractivity contribution in [1.82, 2.24) is 15.2 Å². The van der Waals surface area contributed by atoms with E-state index in [9.17, 15) is 13.2 Å². The van der Waals surface area contributed by atoms with Crippen molar-refractivity contribution in [2.24, 2.45) is 0 Å². The van der Waals surface area contributed by atoms with Gasteiger partial charge in [0.05, 0.1) is 16.5 Å². The van der Waals surface area contributed by atoms with Crippen LogP contribution in [-0.2, 0) is 10.0 Å². The Morgan fingerprint density at radius 3 is 2.70 bits per heavy atom. The zero-order valence-electron chi connectivity index (χ0n) is 10.1. The summed E-state index contributed by atoms with van der Waals surface area (Å²) in [5.74, 6) is -0.616. The second-order valence-electron chi connectivity index (χ2n) is 3.78. The van der Waals surface area contributed by atoms with Crippen molar-refractivity contribution >= 4 is 15.9 Å². The SMILES string of the molecule is N#Cc1cccc(S(=O)(=O)NNC(=O)c2ccc[nH]2)c1. The highest BCUT2D eigenvalue weighted by molar-refractivity contribution is 7.89. The second kappa shape index (κ2) is 5.56. The third kappa shape index (κ3) is 3.03. The number of amides is 1. The first-order valence-electron chi connectivity index (χ1n) is 5.48. The lowest BCUT2D eigenvalue weighted by atomic mass is 10.2. The van der Waals surface area contributed by atoms with Crippen LogP contribution in [0.5, 0.6) is 0 Å². The predicted molar refractivity (Wildman–Crippen MR) is 69.7 cm³/mol. The van der Waals surface area contributed by atoms with Crippen molar-refractivity contribution in [3.05, 3.63) is 53.9 Å². The van der Waals surface area contributed by atoms with Crippen molar-refractivity contribution in [2.75, 3.05) is 0 Å². The molecule has 0 aliphatic carbocycles. The summed E-state index contributed by atoms with van der Waals surface area (Å²) < 4.78 is 23.9. The minimum absolute atomic E-state index is 0.108. The monoisotopic (exact) mass is 290 g/mol. The molecule has 0 unspecified atom stereocenters. The smallest absolute Gasteiger partial charge is 0.282 e. The molecule has 2 rings (SSSR count). The molecule has 0 aliphatic rings. The Morgan fingerprint density at radius 2 is 2.05 bits per heavy atom. The van der Waals surface area contributed by atoms with E-state index < -0.39 is 15.9 Å². The number of hydrazine groups is 1. The average molecular weight is 290 g/mol. The summed E-state index contributed by atoms with van der Waals surface area (Å²) in [4.78, 5) is 16.1. The highest BCUT2D eigenvalue weighted by Gasteiger charge is 2.16. The zero-order chi connectivity index (χ0) is 14.6. The molecule has 0 bridgehead atoms. The van der Waals surface area contributed by atoms with Gasteiger partial charge in [0.2, 0.25) is 0 Å². The Balaban J connectivity index is 2.12. The molecule has 0 radical (unpaired) electrons. The topological polar surface area (TPSA) is 115 Å². The molecule has 0 spiro atoms. The number of hydrogen-bond acceptors (Lipinski definition) is 4. The molecule has 8 heteroatoms. The number of aromatic nitrogens is 1. The van der Waals surface area contributed by atoms with Gasteiger partial charge in [-0.2, -0.15) is 5.26 Å². The largest absolute Gasteiger partial charge is 0.357 e. The number of carbonyl (C=O) groups is 1. The summed E-state index contributed by atoms with van der Waals surface area (Å²) in [5, 5.41) is 8.73. The first-order valence-corrected chi connectivity index (χ1v) is 6.97. The minimum atomic E-state index is -3.93. The van der Waals surface area contributed by atoms with E-state index >= 15 is 0 Å². The van der Waals surface area contributed by atoms with Crippen LogP contribution in [0.4, 0.5) is 0 Å². The molecule has 1 amide bonds. The molecule has 20 heavy (non-hydrogen) atoms. The highest BCUT2D eigenvalue weighted by Crippen LogP contribution is 2.10. The van der Waals surface area contributed by atoms with Gasteiger partial charge in [0.15, 0.2) is 0 Å². The summed E-state index contributed by atoms with van der Waals surface area (Å²) in [6.07, 6.45) is 1.54. The number of carbonyl (C=O) groups excluding carboxylic acids is 1. The molecule has 0 atom stereocenters. The molecule has 102 valence electrons. The number of hydrogen-bond donors (Lipinski definition) is 3. The Kier molecular flexibility index (Phi) is 3.84. The van der Waals surface area contributed by atoms with Crippen LogP contribution in [0.25, 0.3) is 0 Å². The van der Waals surface area contributed by atoms with E-state index in [0.29, 0.717) is 0 Å². The maximum Gasteiger partial charge on any atom is 0.282 e. The average Bonchev–Trinajstić information content (AvgIpc) is 2.99. The Hall–Kier alpha value is -2.63. The quantitative estimate of drug-likeness (QED) is 0.711. The summed E-state index contributed by atoms with van der Waals surface area (Å²) >= 11 is 0. The van der Waals surface area contributed by atoms with Crippen LogP contribution in [-0.4, -0.2) is 19.3 Å². The van der Waals surface area contributed by atoms with Crippen LogP contribution in [0.1, 0.15) is 16.1 Å². The first-order chi connectivity index (χ1) is 9.53. The van der Waals surface area contributed by atoms with Crippen LogP contribution < -0.4 is 10.3 Å². The van der Waals surface area contributed by atoms with Gasteiger partial charge in [0.1, 0.15) is 5.69 Å². The summed E-state index contributed by atoms with van der Waals surface area (Å²) in [6, 6.07) is 10.4. The van der Waals surface area contributed by atoms with E-state index in [2.05, 4.69) is 10.4 Å². The van der Waals surface area contributed by atoms with Gasteiger partial charge in [0.25, 0.3) is 15.9 Å². The molecule has 3 N–H and O–H groups in total. The van der Waals surface area contributed by atoms with Crippen molar-refractivity contribution in [1.29, 1.82) is 5.26 Å². The lowest BCUT2D eigenvalue weighted by molar-refractivity contribution is 0.0940. The summed E-state index contributed by atoms with van der Waals surface area (Å²) in [6.45, 7) is 0. The van der Waals surface area contributed by atoms with Gasteiger partial charge in [-0.15, -0.1) is 4.83 Å². The summed E-state index contributed by atoms with van der Waals surface area (Å²) in [7, 11) is -3.93. The van der Waals surface area contributed by atoms with E-state index in [1.165, 1.54) is 30.3 Å². The number of rotatable bonds is 4. The molecule has 1 heterocycles. The number of benzene rings is 1. The normalized spacial score (nSPS) is 10.8. The fourth-order valence-electron chi connectivity index (χ4n) is 1.44. The van der Waals surface area contributed by atoms with Crippen LogP contribution in [0.3, 0.4) is 0 Å². The molecule has 0 saturated heterocycles. The van der Waals surface area contributed by atoms with Crippen molar-refractivity contribution < 1.29 is 13.2 Å². The number of aromatic amines is 1. The van der Waals surface area contributed by atoms with Crippen LogP contribution in [0, 0.1) is 11.3 Å². The number of nitriles is 1. The van der Waals surface area contributed by atoms with Crippen molar-refractivity contribution in [3.63, 3.8) is 0 Å². The fourth-order valence-corrected chi connectivity index (χ4v) is 2.33. The molecule has 1 aromatic heterocycles. The van der Waals surface area contributed by atoms with Gasteiger partial charge in [-0.05, 0) is 30.3 Å². The van der Waals surface area contributed by atoms with Gasteiger partial charge < -0.3 is 4.98 Å². The fraction of sp³-hybridized carbons (Fsp3) is 0. The maximum atomic E-state index is 11.9. The molecule has 0 saturated carbocycles. The molecular formula is C12H10N4O3S. The number of sulfonamides is 1. The summed E-state index contributed by atoms with van der Waals surface area (Å²) in [5.41, 5.74) is 2.50.